The van der Waals surface area contributed by atoms with Gasteiger partial charge in [-0.15, -0.1) is 32.9 Å². The van der Waals surface area contributed by atoms with E-state index in [-0.39, 0.29) is 43.0 Å². The number of aryl methyl sites for hydroxylation is 3. The Morgan fingerprint density at radius 1 is 0.875 bits per heavy atom. The quantitative estimate of drug-likeness (QED) is 0.116. The maximum atomic E-state index is 14.3. The van der Waals surface area contributed by atoms with Crippen LogP contribution in [0.1, 0.15) is 108 Å². The molecule has 0 spiro atoms. The molecule has 0 radical (unpaired) electrons. The summed E-state index contributed by atoms with van der Waals surface area (Å²) in [6, 6.07) is 13.4. The first-order valence-electron chi connectivity index (χ1n) is 24.1. The van der Waals surface area contributed by atoms with Crippen LogP contribution in [0.3, 0.4) is 0 Å². The first kappa shape index (κ1) is 50.1. The summed E-state index contributed by atoms with van der Waals surface area (Å²) < 4.78 is 7.07. The lowest BCUT2D eigenvalue weighted by molar-refractivity contribution is -0.142. The Hall–Kier alpha value is -6.90. The van der Waals surface area contributed by atoms with Crippen LogP contribution in [-0.4, -0.2) is 127 Å². The van der Waals surface area contributed by atoms with Gasteiger partial charge in [-0.1, -0.05) is 57.2 Å². The number of aromatic nitrogens is 6. The highest BCUT2D eigenvalue weighted by Gasteiger charge is 2.45. The fourth-order valence-corrected chi connectivity index (χ4v) is 11.6. The number of piperazine rings is 1. The van der Waals surface area contributed by atoms with Crippen LogP contribution in [0.25, 0.3) is 15.4 Å². The molecule has 9 rings (SSSR count). The van der Waals surface area contributed by atoms with Crippen LogP contribution >= 0.6 is 22.7 Å². The van der Waals surface area contributed by atoms with Gasteiger partial charge in [-0.2, -0.15) is 0 Å². The van der Waals surface area contributed by atoms with E-state index in [4.69, 9.17) is 9.73 Å². The van der Waals surface area contributed by atoms with Crippen molar-refractivity contribution in [2.45, 2.75) is 98.5 Å². The number of nitrogens with zero attached hydrogens (tertiary/aromatic N) is 10. The zero-order chi connectivity index (χ0) is 51.2. The molecular weight excluding hydrogens is 953 g/mol. The number of β-amino-alcohol motifs (C(OH)–C–C–N with tert-alkyl or cyclic N) is 1. The number of thiazole rings is 1. The van der Waals surface area contributed by atoms with E-state index >= 15 is 0 Å². The van der Waals surface area contributed by atoms with Crippen molar-refractivity contribution in [3.05, 3.63) is 117 Å². The summed E-state index contributed by atoms with van der Waals surface area (Å²) in [4.78, 5) is 81.2. The molecule has 20 heteroatoms. The summed E-state index contributed by atoms with van der Waals surface area (Å²) in [5.74, 6) is 0.163. The highest BCUT2D eigenvalue weighted by molar-refractivity contribution is 7.15. The number of nitrogens with one attached hydrogen (secondary N) is 2. The standard InChI is InChI=1S/C52H60N12O6S2/c1-28-31(4)72-51-43(28)44(57-38(23-42(66)70-9)47-60-59-32(5)64(47)51)34-14-16-36(17-15-34)61-18-20-62(21-19-61)41-25-53-39(24-54-41)48(67)58-46(52(6,7)8)50(69)63-26-37(65)22-40(63)49(68)56-29(2)33-10-12-35(13-11-33)45-30(3)55-27-71-45/h10-17,24-25,27,29,37-38,40,46,65H,18-23,26H2,1-9H3,(H,56,68)(H,58,67)/t29-,37+,38-,40-,46?/m0/s1. The number of likely N-dealkylation sites (tertiary alicyclic amines) is 1. The minimum absolute atomic E-state index is 0.0353. The molecule has 3 aliphatic rings. The number of methoxy groups -OCH3 is 1. The number of aliphatic imine (C=N–C) groups is 1. The van der Waals surface area contributed by atoms with Crippen molar-refractivity contribution in [1.82, 2.24) is 45.2 Å². The minimum Gasteiger partial charge on any atom is -0.469 e. The summed E-state index contributed by atoms with van der Waals surface area (Å²) in [5, 5.41) is 26.5. The number of carbonyl (C=O) groups excluding carboxylic acids is 4. The highest BCUT2D eigenvalue weighted by atomic mass is 32.1. The molecule has 3 N–H and O–H groups in total. The van der Waals surface area contributed by atoms with E-state index < -0.39 is 41.5 Å². The molecule has 4 aromatic heterocycles. The molecule has 72 heavy (non-hydrogen) atoms. The molecule has 5 atom stereocenters. The molecule has 0 aliphatic carbocycles. The number of esters is 1. The summed E-state index contributed by atoms with van der Waals surface area (Å²) in [6.07, 6.45) is 2.20. The van der Waals surface area contributed by atoms with E-state index in [9.17, 15) is 24.3 Å². The molecule has 0 saturated carbocycles. The molecule has 2 fully saturated rings. The van der Waals surface area contributed by atoms with Gasteiger partial charge in [0.1, 0.15) is 40.5 Å². The average molecular weight is 1010 g/mol. The topological polar surface area (TPSA) is 213 Å². The fraction of sp³-hybridized carbons (Fsp3) is 0.423. The Labute approximate surface area is 426 Å². The van der Waals surface area contributed by atoms with Crippen molar-refractivity contribution < 1.29 is 29.0 Å². The summed E-state index contributed by atoms with van der Waals surface area (Å²) in [6.45, 7) is 18.2. The van der Waals surface area contributed by atoms with Gasteiger partial charge >= 0.3 is 5.97 Å². The van der Waals surface area contributed by atoms with Gasteiger partial charge in [0.05, 0.1) is 59.9 Å². The molecule has 18 nitrogen and oxygen atoms in total. The number of carbonyl (C=O) groups is 4. The Morgan fingerprint density at radius 2 is 1.57 bits per heavy atom. The lowest BCUT2D eigenvalue weighted by atomic mass is 9.85. The lowest BCUT2D eigenvalue weighted by Gasteiger charge is -2.36. The average Bonchev–Trinajstić information content (AvgIpc) is 4.14. The highest BCUT2D eigenvalue weighted by Crippen LogP contribution is 2.40. The van der Waals surface area contributed by atoms with E-state index in [1.54, 1.807) is 28.9 Å². The first-order valence-corrected chi connectivity index (χ1v) is 25.8. The van der Waals surface area contributed by atoms with Gasteiger partial charge in [0, 0.05) is 60.8 Å². The Kier molecular flexibility index (Phi) is 14.1. The van der Waals surface area contributed by atoms with E-state index in [1.165, 1.54) is 23.1 Å². The zero-order valence-corrected chi connectivity index (χ0v) is 43.6. The van der Waals surface area contributed by atoms with E-state index in [2.05, 4.69) is 83.7 Å². The SMILES string of the molecule is COC(=O)C[C@@H]1N=C(c2ccc(N3CCN(c4cnc(C(=O)NC(C(=O)N5C[C@H](O)C[C@H]5C(=O)N[C@@H](C)c5ccc(-c6scnc6C)cc5)C(C)(C)C)cn4)CC3)cc2)c2c(sc(C)c2C)-n2c(C)nnc21. The number of benzene rings is 2. The smallest absolute Gasteiger partial charge is 0.308 e. The van der Waals surface area contributed by atoms with Gasteiger partial charge in [0.25, 0.3) is 5.91 Å². The molecule has 3 aliphatic heterocycles. The van der Waals surface area contributed by atoms with Gasteiger partial charge in [-0.25, -0.2) is 15.0 Å². The van der Waals surface area contributed by atoms with E-state index in [1.807, 2.05) is 75.9 Å². The largest absolute Gasteiger partial charge is 0.469 e. The van der Waals surface area contributed by atoms with Crippen LogP contribution in [0.15, 0.2) is 71.4 Å². The number of hydrogen-bond donors (Lipinski definition) is 3. The number of anilines is 2. The molecule has 1 unspecified atom stereocenters. The van der Waals surface area contributed by atoms with Gasteiger partial charge in [-0.05, 0) is 68.9 Å². The fourth-order valence-electron chi connectivity index (χ4n) is 9.61. The number of rotatable bonds is 12. The maximum absolute atomic E-state index is 14.3. The molecular formula is C52H60N12O6S2. The first-order chi connectivity index (χ1) is 34.4. The number of aliphatic hydroxyl groups is 1. The summed E-state index contributed by atoms with van der Waals surface area (Å²) in [5.41, 5.74) is 8.91. The molecule has 7 heterocycles. The third-order valence-electron chi connectivity index (χ3n) is 13.8. The lowest BCUT2D eigenvalue weighted by Crippen LogP contribution is -2.58. The van der Waals surface area contributed by atoms with E-state index in [0.29, 0.717) is 37.8 Å². The van der Waals surface area contributed by atoms with Crippen molar-refractivity contribution in [2.75, 3.05) is 49.6 Å². The second-order valence-corrected chi connectivity index (χ2v) is 21.8. The van der Waals surface area contributed by atoms with E-state index in [0.717, 1.165) is 60.6 Å². The van der Waals surface area contributed by atoms with Crippen molar-refractivity contribution >= 4 is 63.6 Å². The minimum atomic E-state index is -1.04. The van der Waals surface area contributed by atoms with Crippen LogP contribution in [0.5, 0.6) is 0 Å². The molecule has 0 bridgehead atoms. The number of fused-ring (bicyclic) bond motifs is 3. The number of thiophene rings is 1. The molecule has 2 saturated heterocycles. The predicted molar refractivity (Wildman–Crippen MR) is 277 cm³/mol. The zero-order valence-electron chi connectivity index (χ0n) is 42.0. The van der Waals surface area contributed by atoms with Gasteiger partial charge < -0.3 is 35.2 Å². The number of ether oxygens (including phenoxy) is 1. The normalized spacial score (nSPS) is 18.7. The monoisotopic (exact) mass is 1010 g/mol. The second kappa shape index (κ2) is 20.3. The van der Waals surface area contributed by atoms with Gasteiger partial charge in [0.15, 0.2) is 5.82 Å². The summed E-state index contributed by atoms with van der Waals surface area (Å²) >= 11 is 3.24. The van der Waals surface area contributed by atoms with Crippen molar-refractivity contribution in [3.8, 4) is 15.4 Å². The number of hydrogen-bond acceptors (Lipinski definition) is 16. The van der Waals surface area contributed by atoms with Gasteiger partial charge in [0.2, 0.25) is 11.8 Å². The third-order valence-corrected chi connectivity index (χ3v) is 16.0. The summed E-state index contributed by atoms with van der Waals surface area (Å²) in [7, 11) is 1.38. The molecule has 376 valence electrons. The van der Waals surface area contributed by atoms with Crippen LogP contribution in [0.4, 0.5) is 11.5 Å². The van der Waals surface area contributed by atoms with Crippen molar-refractivity contribution in [2.24, 2.45) is 10.4 Å². The second-order valence-electron chi connectivity index (χ2n) is 19.7. The number of aliphatic hydroxyl groups excluding tert-OH is 1. The van der Waals surface area contributed by atoms with Crippen molar-refractivity contribution in [1.29, 1.82) is 0 Å². The predicted octanol–water partition coefficient (Wildman–Crippen LogP) is 6.24. The Morgan fingerprint density at radius 3 is 2.21 bits per heavy atom. The number of amides is 3. The molecule has 6 aromatic rings. The Bertz CT molecular complexity index is 3020. The molecule has 2 aromatic carbocycles. The van der Waals surface area contributed by atoms with Crippen LogP contribution in [0, 0.1) is 33.1 Å². The van der Waals surface area contributed by atoms with Crippen LogP contribution in [0.2, 0.25) is 0 Å². The van der Waals surface area contributed by atoms with Crippen LogP contribution in [-0.2, 0) is 19.1 Å². The Balaban J connectivity index is 0.823. The van der Waals surface area contributed by atoms with Crippen molar-refractivity contribution in [3.63, 3.8) is 0 Å². The van der Waals surface area contributed by atoms with Gasteiger partial charge in [-0.3, -0.25) is 28.7 Å². The van der Waals surface area contributed by atoms with Crippen LogP contribution < -0.4 is 20.4 Å². The maximum Gasteiger partial charge on any atom is 0.308 e. The molecule has 3 amide bonds. The third kappa shape index (κ3) is 9.99.